The quantitative estimate of drug-likeness (QED) is 0.355. The third-order valence-corrected chi connectivity index (χ3v) is 1.89. The van der Waals surface area contributed by atoms with Crippen molar-refractivity contribution in [1.82, 2.24) is 15.0 Å². The van der Waals surface area contributed by atoms with Crippen LogP contribution in [-0.4, -0.2) is 19.9 Å². The molecule has 0 unspecified atom stereocenters. The summed E-state index contributed by atoms with van der Waals surface area (Å²) in [6.45, 7) is 1.68. The fourth-order valence-electron chi connectivity index (χ4n) is 0.994. The van der Waals surface area contributed by atoms with Gasteiger partial charge in [-0.2, -0.15) is 0 Å². The van der Waals surface area contributed by atoms with Gasteiger partial charge in [0.25, 0.3) is 0 Å². The highest BCUT2D eigenvalue weighted by atomic mass is 16.6. The number of nitrogens with two attached hydrogens (primary N) is 1. The van der Waals surface area contributed by atoms with E-state index < -0.39 is 4.92 Å². The number of hydrogen-bond donors (Lipinski definition) is 1. The van der Waals surface area contributed by atoms with Crippen LogP contribution in [0.3, 0.4) is 0 Å². The molecule has 0 atom stereocenters. The lowest BCUT2D eigenvalue weighted by molar-refractivity contribution is -0.424. The highest BCUT2D eigenvalue weighted by Crippen LogP contribution is 2.02. The molecule has 1 aromatic rings. The largest absolute Gasteiger partial charge is 0.381 e. The Balaban J connectivity index is 2.80. The van der Waals surface area contributed by atoms with Crippen molar-refractivity contribution in [1.29, 1.82) is 0 Å². The van der Waals surface area contributed by atoms with Crippen LogP contribution < -0.4 is 5.73 Å². The lowest BCUT2D eigenvalue weighted by Crippen LogP contribution is -2.01. The predicted octanol–water partition coefficient (Wildman–Crippen LogP) is 0.600. The third-order valence-electron chi connectivity index (χ3n) is 1.89. The van der Waals surface area contributed by atoms with E-state index in [0.717, 1.165) is 0 Å². The molecular formula is C10H11N5O2. The summed E-state index contributed by atoms with van der Waals surface area (Å²) in [5, 5.41) is 17.7. The summed E-state index contributed by atoms with van der Waals surface area (Å²) in [4.78, 5) is 9.89. The van der Waals surface area contributed by atoms with Gasteiger partial charge in [-0.3, -0.25) is 10.1 Å². The summed E-state index contributed by atoms with van der Waals surface area (Å²) >= 11 is 0. The predicted molar refractivity (Wildman–Crippen MR) is 62.1 cm³/mol. The van der Waals surface area contributed by atoms with Gasteiger partial charge in [0, 0.05) is 18.6 Å². The molecule has 0 aliphatic heterocycles. The second-order valence-corrected chi connectivity index (χ2v) is 3.24. The Morgan fingerprint density at radius 3 is 2.94 bits per heavy atom. The van der Waals surface area contributed by atoms with Crippen molar-refractivity contribution in [3.05, 3.63) is 39.7 Å². The highest BCUT2D eigenvalue weighted by Gasteiger charge is 2.01. The molecule has 0 bridgehead atoms. The number of terminal acetylenes is 1. The van der Waals surface area contributed by atoms with Crippen LogP contribution in [0.15, 0.2) is 29.6 Å². The molecule has 1 rings (SSSR count). The zero-order valence-electron chi connectivity index (χ0n) is 9.20. The van der Waals surface area contributed by atoms with Gasteiger partial charge in [-0.05, 0) is 6.08 Å². The molecule has 2 N–H and O–H groups in total. The van der Waals surface area contributed by atoms with Crippen LogP contribution >= 0.6 is 0 Å². The van der Waals surface area contributed by atoms with E-state index in [1.165, 1.54) is 30.0 Å². The molecule has 0 aromatic carbocycles. The first-order chi connectivity index (χ1) is 8.02. The molecule has 1 heterocycles. The zero-order chi connectivity index (χ0) is 12.8. The van der Waals surface area contributed by atoms with Gasteiger partial charge in [-0.15, -0.1) is 11.5 Å². The molecule has 0 radical (unpaired) electrons. The number of hydrogen-bond acceptors (Lipinski definition) is 5. The van der Waals surface area contributed by atoms with Gasteiger partial charge in [0.2, 0.25) is 5.70 Å². The van der Waals surface area contributed by atoms with E-state index in [0.29, 0.717) is 17.9 Å². The molecule has 0 saturated carbocycles. The van der Waals surface area contributed by atoms with E-state index in [1.54, 1.807) is 0 Å². The average Bonchev–Trinajstić information content (AvgIpc) is 2.69. The van der Waals surface area contributed by atoms with Gasteiger partial charge in [0.1, 0.15) is 0 Å². The minimum atomic E-state index is -0.488. The monoisotopic (exact) mass is 233 g/mol. The first kappa shape index (κ1) is 12.4. The number of nitro groups is 1. The average molecular weight is 233 g/mol. The topological polar surface area (TPSA) is 99.9 Å². The molecule has 17 heavy (non-hydrogen) atoms. The Bertz CT molecular complexity index is 521. The van der Waals surface area contributed by atoms with Crippen LogP contribution in [0.2, 0.25) is 0 Å². The van der Waals surface area contributed by atoms with E-state index in [4.69, 9.17) is 12.2 Å². The summed E-state index contributed by atoms with van der Waals surface area (Å²) in [6, 6.07) is 0. The molecule has 0 spiro atoms. The normalized spacial score (nSPS) is 12.2. The minimum Gasteiger partial charge on any atom is -0.381 e. The maximum Gasteiger partial charge on any atom is 0.243 e. The third kappa shape index (κ3) is 3.79. The first-order valence-corrected chi connectivity index (χ1v) is 4.67. The van der Waals surface area contributed by atoms with Crippen molar-refractivity contribution in [2.75, 3.05) is 5.73 Å². The molecule has 7 heteroatoms. The zero-order valence-corrected chi connectivity index (χ0v) is 9.20. The molecule has 0 amide bonds. The lowest BCUT2D eigenvalue weighted by atomic mass is 10.2. The summed E-state index contributed by atoms with van der Waals surface area (Å²) < 4.78 is 1.45. The van der Waals surface area contributed by atoms with Gasteiger partial charge >= 0.3 is 0 Å². The summed E-state index contributed by atoms with van der Waals surface area (Å²) in [5.74, 6) is 2.71. The standard InChI is InChI=1S/C10H11N5O2/c1-3-9(5-4-8(2)15(16)17)6-14-7-10(11)12-13-14/h1,4-5,7H,6,11H2,2H3/b8-4+,9-5+. The van der Waals surface area contributed by atoms with E-state index >= 15 is 0 Å². The number of nitrogens with zero attached hydrogens (tertiary/aromatic N) is 4. The van der Waals surface area contributed by atoms with Crippen LogP contribution in [0.4, 0.5) is 5.82 Å². The molecular weight excluding hydrogens is 222 g/mol. The Kier molecular flexibility index (Phi) is 4.00. The van der Waals surface area contributed by atoms with Gasteiger partial charge in [0.15, 0.2) is 5.82 Å². The van der Waals surface area contributed by atoms with Crippen LogP contribution in [0.1, 0.15) is 6.92 Å². The molecule has 0 aliphatic carbocycles. The van der Waals surface area contributed by atoms with Crippen LogP contribution in [0.5, 0.6) is 0 Å². The number of aromatic nitrogens is 3. The summed E-state index contributed by atoms with van der Waals surface area (Å²) in [7, 11) is 0. The minimum absolute atomic E-state index is 0.0101. The second kappa shape index (κ2) is 5.46. The number of allylic oxidation sites excluding steroid dienone is 4. The molecule has 1 aromatic heterocycles. The molecule has 7 nitrogen and oxygen atoms in total. The van der Waals surface area contributed by atoms with Crippen molar-refractivity contribution in [3.8, 4) is 12.3 Å². The maximum atomic E-state index is 10.4. The Labute approximate surface area is 97.8 Å². The lowest BCUT2D eigenvalue weighted by Gasteiger charge is -1.97. The van der Waals surface area contributed by atoms with Crippen molar-refractivity contribution in [2.45, 2.75) is 13.5 Å². The van der Waals surface area contributed by atoms with Crippen LogP contribution in [-0.2, 0) is 6.54 Å². The molecule has 0 saturated heterocycles. The molecule has 88 valence electrons. The number of anilines is 1. The van der Waals surface area contributed by atoms with Gasteiger partial charge < -0.3 is 5.73 Å². The van der Waals surface area contributed by atoms with E-state index in [-0.39, 0.29) is 5.70 Å². The fraction of sp³-hybridized carbons (Fsp3) is 0.200. The smallest absolute Gasteiger partial charge is 0.243 e. The molecule has 0 aliphatic rings. The van der Waals surface area contributed by atoms with Gasteiger partial charge in [-0.1, -0.05) is 11.1 Å². The summed E-state index contributed by atoms with van der Waals surface area (Å²) in [6.07, 6.45) is 9.64. The Morgan fingerprint density at radius 2 is 2.47 bits per heavy atom. The number of nitrogen functional groups attached to an aromatic ring is 1. The van der Waals surface area contributed by atoms with E-state index in [1.807, 2.05) is 0 Å². The van der Waals surface area contributed by atoms with Crippen molar-refractivity contribution in [2.24, 2.45) is 0 Å². The summed E-state index contributed by atoms with van der Waals surface area (Å²) in [5.41, 5.74) is 5.94. The molecule has 0 fully saturated rings. The van der Waals surface area contributed by atoms with E-state index in [2.05, 4.69) is 16.2 Å². The van der Waals surface area contributed by atoms with Gasteiger partial charge in [0.05, 0.1) is 17.7 Å². The Hall–Kier alpha value is -2.62. The number of rotatable bonds is 4. The maximum absolute atomic E-state index is 10.4. The Morgan fingerprint density at radius 1 is 1.76 bits per heavy atom. The van der Waals surface area contributed by atoms with Crippen molar-refractivity contribution in [3.63, 3.8) is 0 Å². The van der Waals surface area contributed by atoms with Crippen molar-refractivity contribution >= 4 is 5.82 Å². The SMILES string of the molecule is C#C/C(=C\C=C(/C)[N+](=O)[O-])Cn1cc(N)nn1. The van der Waals surface area contributed by atoms with Crippen LogP contribution in [0.25, 0.3) is 0 Å². The van der Waals surface area contributed by atoms with Crippen molar-refractivity contribution < 1.29 is 4.92 Å². The van der Waals surface area contributed by atoms with Gasteiger partial charge in [-0.25, -0.2) is 4.68 Å². The second-order valence-electron chi connectivity index (χ2n) is 3.24. The van der Waals surface area contributed by atoms with Crippen LogP contribution in [0, 0.1) is 22.5 Å². The first-order valence-electron chi connectivity index (χ1n) is 4.67. The fourth-order valence-corrected chi connectivity index (χ4v) is 0.994. The van der Waals surface area contributed by atoms with E-state index in [9.17, 15) is 10.1 Å². The highest BCUT2D eigenvalue weighted by molar-refractivity contribution is 5.30.